The molecule has 0 saturated carbocycles. The van der Waals surface area contributed by atoms with E-state index >= 15 is 0 Å². The highest BCUT2D eigenvalue weighted by Gasteiger charge is 2.15. The average Bonchev–Trinajstić information content (AvgIpc) is 3.02. The van der Waals surface area contributed by atoms with Crippen molar-refractivity contribution >= 4 is 28.5 Å². The summed E-state index contributed by atoms with van der Waals surface area (Å²) in [4.78, 5) is 20.9. The second-order valence-corrected chi connectivity index (χ2v) is 6.00. The van der Waals surface area contributed by atoms with Crippen molar-refractivity contribution in [3.8, 4) is 11.6 Å². The molecule has 2 heterocycles. The number of fused-ring (bicyclic) bond motifs is 1. The van der Waals surface area contributed by atoms with Gasteiger partial charge in [-0.25, -0.2) is 9.97 Å². The summed E-state index contributed by atoms with van der Waals surface area (Å²) in [6, 6.07) is 5.26. The third kappa shape index (κ3) is 3.43. The molecule has 0 spiro atoms. The van der Waals surface area contributed by atoms with Crippen molar-refractivity contribution < 1.29 is 14.3 Å². The molecule has 1 aromatic carbocycles. The van der Waals surface area contributed by atoms with E-state index in [1.165, 1.54) is 12.3 Å². The first-order chi connectivity index (χ1) is 12.5. The smallest absolute Gasteiger partial charge is 0.253 e. The van der Waals surface area contributed by atoms with Gasteiger partial charge in [-0.05, 0) is 25.1 Å². The lowest BCUT2D eigenvalue weighted by Gasteiger charge is -2.12. The van der Waals surface area contributed by atoms with Gasteiger partial charge in [0, 0.05) is 25.4 Å². The van der Waals surface area contributed by atoms with E-state index in [1.807, 2.05) is 30.7 Å². The molecule has 0 aliphatic carbocycles. The molecule has 1 amide bonds. The molecule has 8 heteroatoms. The van der Waals surface area contributed by atoms with E-state index in [0.29, 0.717) is 28.8 Å². The van der Waals surface area contributed by atoms with E-state index in [9.17, 15) is 4.79 Å². The van der Waals surface area contributed by atoms with Gasteiger partial charge in [0.25, 0.3) is 5.91 Å². The number of hydrogen-bond donors (Lipinski definition) is 1. The zero-order valence-corrected chi connectivity index (χ0v) is 15.5. The predicted molar refractivity (Wildman–Crippen MR) is 98.9 cm³/mol. The Kier molecular flexibility index (Phi) is 5.27. The van der Waals surface area contributed by atoms with E-state index < -0.39 is 0 Å². The van der Waals surface area contributed by atoms with Gasteiger partial charge in [0.1, 0.15) is 10.8 Å². The van der Waals surface area contributed by atoms with Gasteiger partial charge in [-0.3, -0.25) is 4.79 Å². The molecule has 0 radical (unpaired) electrons. The number of carbonyl (C=O) groups excluding carboxylic acids is 1. The van der Waals surface area contributed by atoms with Crippen LogP contribution in [0.1, 0.15) is 22.8 Å². The van der Waals surface area contributed by atoms with Crippen molar-refractivity contribution in [2.45, 2.75) is 13.5 Å². The molecule has 7 nitrogen and oxygen atoms in total. The molecule has 0 bridgehead atoms. The molecule has 0 saturated heterocycles. The van der Waals surface area contributed by atoms with Gasteiger partial charge in [0.05, 0.1) is 36.6 Å². The number of halogens is 1. The highest BCUT2D eigenvalue weighted by molar-refractivity contribution is 6.32. The first kappa shape index (κ1) is 18.0. The first-order valence-corrected chi connectivity index (χ1v) is 8.46. The lowest BCUT2D eigenvalue weighted by Crippen LogP contribution is -2.23. The minimum Gasteiger partial charge on any atom is -0.496 e. The quantitative estimate of drug-likeness (QED) is 0.717. The third-order valence-corrected chi connectivity index (χ3v) is 4.21. The SMILES string of the molecule is CCOc1ncc(C(=O)NCc2c(OC)ccc3ncn(C)c23)cc1Cl. The van der Waals surface area contributed by atoms with Crippen LogP contribution in [-0.4, -0.2) is 34.2 Å². The zero-order chi connectivity index (χ0) is 18.7. The van der Waals surface area contributed by atoms with E-state index in [0.717, 1.165) is 16.6 Å². The van der Waals surface area contributed by atoms with Crippen LogP contribution in [0.2, 0.25) is 5.02 Å². The maximum atomic E-state index is 12.5. The number of nitrogens with one attached hydrogen (secondary N) is 1. The summed E-state index contributed by atoms with van der Waals surface area (Å²) in [6.45, 7) is 2.57. The Morgan fingerprint density at radius 3 is 2.85 bits per heavy atom. The summed E-state index contributed by atoms with van der Waals surface area (Å²) in [6.07, 6.45) is 3.17. The van der Waals surface area contributed by atoms with Crippen LogP contribution in [0.5, 0.6) is 11.6 Å². The van der Waals surface area contributed by atoms with Crippen molar-refractivity contribution in [3.63, 3.8) is 0 Å². The van der Waals surface area contributed by atoms with Crippen molar-refractivity contribution in [2.75, 3.05) is 13.7 Å². The van der Waals surface area contributed by atoms with Crippen molar-refractivity contribution in [3.05, 3.63) is 46.9 Å². The number of aromatic nitrogens is 3. The normalized spacial score (nSPS) is 10.8. The van der Waals surface area contributed by atoms with Gasteiger partial charge in [0.15, 0.2) is 0 Å². The lowest BCUT2D eigenvalue weighted by molar-refractivity contribution is 0.0950. The van der Waals surface area contributed by atoms with Crippen LogP contribution < -0.4 is 14.8 Å². The fourth-order valence-corrected chi connectivity index (χ4v) is 2.96. The highest BCUT2D eigenvalue weighted by Crippen LogP contribution is 2.27. The summed E-state index contributed by atoms with van der Waals surface area (Å²) in [5, 5.41) is 3.18. The number of hydrogen-bond acceptors (Lipinski definition) is 5. The topological polar surface area (TPSA) is 78.3 Å². The summed E-state index contributed by atoms with van der Waals surface area (Å²) in [5.41, 5.74) is 2.95. The van der Waals surface area contributed by atoms with Gasteiger partial charge in [-0.1, -0.05) is 11.6 Å². The molecule has 3 rings (SSSR count). The number of amides is 1. The molecule has 0 unspecified atom stereocenters. The number of benzene rings is 1. The predicted octanol–water partition coefficient (Wildman–Crippen LogP) is 2.96. The van der Waals surface area contributed by atoms with E-state index in [1.54, 1.807) is 13.4 Å². The van der Waals surface area contributed by atoms with E-state index in [4.69, 9.17) is 21.1 Å². The Labute approximate surface area is 155 Å². The van der Waals surface area contributed by atoms with Crippen LogP contribution in [0.3, 0.4) is 0 Å². The average molecular weight is 375 g/mol. The number of imidazole rings is 1. The van der Waals surface area contributed by atoms with Gasteiger partial charge in [-0.2, -0.15) is 0 Å². The largest absolute Gasteiger partial charge is 0.496 e. The monoisotopic (exact) mass is 374 g/mol. The fourth-order valence-electron chi connectivity index (χ4n) is 2.73. The Balaban J connectivity index is 1.83. The Hall–Kier alpha value is -2.80. The molecule has 3 aromatic rings. The molecule has 26 heavy (non-hydrogen) atoms. The minimum atomic E-state index is -0.288. The lowest BCUT2D eigenvalue weighted by atomic mass is 10.1. The summed E-state index contributed by atoms with van der Waals surface area (Å²) in [7, 11) is 3.50. The van der Waals surface area contributed by atoms with Gasteiger partial charge in [0.2, 0.25) is 5.88 Å². The maximum absolute atomic E-state index is 12.5. The Morgan fingerprint density at radius 2 is 2.15 bits per heavy atom. The minimum absolute atomic E-state index is 0.281. The molecule has 0 fully saturated rings. The molecule has 2 aromatic heterocycles. The second kappa shape index (κ2) is 7.61. The van der Waals surface area contributed by atoms with Gasteiger partial charge < -0.3 is 19.4 Å². The fraction of sp³-hybridized carbons (Fsp3) is 0.278. The van der Waals surface area contributed by atoms with Crippen molar-refractivity contribution in [1.82, 2.24) is 19.9 Å². The molecule has 1 N–H and O–H groups in total. The zero-order valence-electron chi connectivity index (χ0n) is 14.7. The number of rotatable bonds is 6. The number of nitrogens with zero attached hydrogens (tertiary/aromatic N) is 3. The van der Waals surface area contributed by atoms with Gasteiger partial charge in [-0.15, -0.1) is 0 Å². The number of aryl methyl sites for hydroxylation is 1. The maximum Gasteiger partial charge on any atom is 0.253 e. The Bertz CT molecular complexity index is 955. The van der Waals surface area contributed by atoms with Gasteiger partial charge >= 0.3 is 0 Å². The molecular weight excluding hydrogens is 356 g/mol. The van der Waals surface area contributed by atoms with E-state index in [2.05, 4.69) is 15.3 Å². The molecular formula is C18H19ClN4O3. The molecule has 0 atom stereocenters. The van der Waals surface area contributed by atoms with Crippen LogP contribution in [0.4, 0.5) is 0 Å². The third-order valence-electron chi connectivity index (χ3n) is 3.94. The van der Waals surface area contributed by atoms with Crippen molar-refractivity contribution in [1.29, 1.82) is 0 Å². The molecule has 136 valence electrons. The van der Waals surface area contributed by atoms with Crippen LogP contribution in [0, 0.1) is 0 Å². The number of pyridine rings is 1. The van der Waals surface area contributed by atoms with Crippen LogP contribution in [0.25, 0.3) is 11.0 Å². The van der Waals surface area contributed by atoms with E-state index in [-0.39, 0.29) is 12.5 Å². The number of methoxy groups -OCH3 is 1. The molecule has 0 aliphatic heterocycles. The number of carbonyl (C=O) groups is 1. The van der Waals surface area contributed by atoms with Crippen LogP contribution in [0.15, 0.2) is 30.7 Å². The summed E-state index contributed by atoms with van der Waals surface area (Å²) < 4.78 is 12.6. The van der Waals surface area contributed by atoms with Crippen molar-refractivity contribution in [2.24, 2.45) is 7.05 Å². The summed E-state index contributed by atoms with van der Waals surface area (Å²) in [5.74, 6) is 0.708. The first-order valence-electron chi connectivity index (χ1n) is 8.08. The highest BCUT2D eigenvalue weighted by atomic mass is 35.5. The number of ether oxygens (including phenoxy) is 2. The van der Waals surface area contributed by atoms with Crippen LogP contribution >= 0.6 is 11.6 Å². The molecule has 0 aliphatic rings. The Morgan fingerprint density at radius 1 is 1.35 bits per heavy atom. The second-order valence-electron chi connectivity index (χ2n) is 5.60. The summed E-state index contributed by atoms with van der Waals surface area (Å²) >= 11 is 6.10. The standard InChI is InChI=1S/C18H19ClN4O3/c1-4-26-18-13(19)7-11(8-21-18)17(24)20-9-12-15(25-3)6-5-14-16(12)23(2)10-22-14/h5-8,10H,4,9H2,1-3H3,(H,20,24). The van der Waals surface area contributed by atoms with Crippen LogP contribution in [-0.2, 0) is 13.6 Å².